The average molecular weight is 370 g/mol. The molecular formula is C18H18N4O5. The van der Waals surface area contributed by atoms with Crippen LogP contribution in [0.4, 0.5) is 11.4 Å². The summed E-state index contributed by atoms with van der Waals surface area (Å²) in [7, 11) is 0. The number of rotatable bonds is 7. The third-order valence-electron chi connectivity index (χ3n) is 3.77. The zero-order valence-corrected chi connectivity index (χ0v) is 14.3. The van der Waals surface area contributed by atoms with E-state index in [1.165, 1.54) is 43.3 Å². The van der Waals surface area contributed by atoms with Crippen LogP contribution in [0.25, 0.3) is 0 Å². The number of aromatic hydroxyl groups is 1. The molecule has 27 heavy (non-hydrogen) atoms. The van der Waals surface area contributed by atoms with E-state index in [9.17, 15) is 19.5 Å². The highest BCUT2D eigenvalue weighted by Crippen LogP contribution is 2.35. The van der Waals surface area contributed by atoms with Gasteiger partial charge in [-0.1, -0.05) is 12.1 Å². The fraction of sp³-hybridized carbons (Fsp3) is 0.111. The molecule has 0 unspecified atom stereocenters. The smallest absolute Gasteiger partial charge is 0.325 e. The standard InChI is InChI=1S/C18H18N4O5/c1-9(18(26)27)21-14-12(8-23)6-7-13(24)15(14)22-17(25)11-4-2-10(3-5-11)16(19)20/h2-9,21,24H,1H3,(H3,19,20)(H,22,25)(H,26,27)/t9-/m0/s1. The topological polar surface area (TPSA) is 166 Å². The summed E-state index contributed by atoms with van der Waals surface area (Å²) < 4.78 is 0. The van der Waals surface area contributed by atoms with Gasteiger partial charge >= 0.3 is 5.97 Å². The Bertz CT molecular complexity index is 909. The summed E-state index contributed by atoms with van der Waals surface area (Å²) in [6, 6.07) is 7.32. The average Bonchev–Trinajstić information content (AvgIpc) is 2.64. The predicted molar refractivity (Wildman–Crippen MR) is 99.6 cm³/mol. The molecule has 0 aliphatic rings. The Kier molecular flexibility index (Phi) is 5.76. The number of nitrogens with one attached hydrogen (secondary N) is 3. The van der Waals surface area contributed by atoms with Crippen molar-refractivity contribution in [3.05, 3.63) is 53.1 Å². The number of carbonyl (C=O) groups is 3. The lowest BCUT2D eigenvalue weighted by Gasteiger charge is -2.18. The van der Waals surface area contributed by atoms with Crippen molar-refractivity contribution in [2.24, 2.45) is 5.73 Å². The highest BCUT2D eigenvalue weighted by molar-refractivity contribution is 6.09. The Hall–Kier alpha value is -3.88. The molecule has 0 saturated carbocycles. The molecule has 0 heterocycles. The van der Waals surface area contributed by atoms with Crippen LogP contribution in [0.3, 0.4) is 0 Å². The third-order valence-corrected chi connectivity index (χ3v) is 3.77. The van der Waals surface area contributed by atoms with Gasteiger partial charge in [0.2, 0.25) is 0 Å². The van der Waals surface area contributed by atoms with Gasteiger partial charge in [0.05, 0.1) is 5.69 Å². The molecule has 9 heteroatoms. The van der Waals surface area contributed by atoms with E-state index in [1.54, 1.807) is 0 Å². The lowest BCUT2D eigenvalue weighted by Crippen LogP contribution is -2.27. The van der Waals surface area contributed by atoms with Gasteiger partial charge in [-0.15, -0.1) is 0 Å². The van der Waals surface area contributed by atoms with Crippen LogP contribution in [0, 0.1) is 5.41 Å². The number of amidine groups is 1. The number of carbonyl (C=O) groups excluding carboxylic acids is 2. The van der Waals surface area contributed by atoms with Crippen molar-refractivity contribution in [2.45, 2.75) is 13.0 Å². The molecule has 0 radical (unpaired) electrons. The fourth-order valence-electron chi connectivity index (χ4n) is 2.25. The lowest BCUT2D eigenvalue weighted by atomic mass is 10.1. The number of benzene rings is 2. The van der Waals surface area contributed by atoms with Crippen LogP contribution in [0.15, 0.2) is 36.4 Å². The lowest BCUT2D eigenvalue weighted by molar-refractivity contribution is -0.137. The number of phenolic OH excluding ortho intramolecular Hbond substituents is 1. The van der Waals surface area contributed by atoms with Crippen LogP contribution in [-0.4, -0.2) is 40.3 Å². The molecule has 7 N–H and O–H groups in total. The minimum absolute atomic E-state index is 0.00592. The van der Waals surface area contributed by atoms with E-state index in [0.29, 0.717) is 11.8 Å². The number of nitrogens with two attached hydrogens (primary N) is 1. The summed E-state index contributed by atoms with van der Waals surface area (Å²) in [5, 5.41) is 31.6. The van der Waals surface area contributed by atoms with Gasteiger partial charge in [0.25, 0.3) is 5.91 Å². The molecule has 0 saturated heterocycles. The molecular weight excluding hydrogens is 352 g/mol. The first-order valence-electron chi connectivity index (χ1n) is 7.81. The van der Waals surface area contributed by atoms with Crippen LogP contribution in [0.5, 0.6) is 5.75 Å². The van der Waals surface area contributed by atoms with Crippen molar-refractivity contribution in [2.75, 3.05) is 10.6 Å². The largest absolute Gasteiger partial charge is 0.506 e. The number of carboxylic acids is 1. The number of aldehydes is 1. The molecule has 0 fully saturated rings. The minimum Gasteiger partial charge on any atom is -0.506 e. The van der Waals surface area contributed by atoms with Crippen LogP contribution in [0.1, 0.15) is 33.2 Å². The van der Waals surface area contributed by atoms with Crippen LogP contribution < -0.4 is 16.4 Å². The predicted octanol–water partition coefficient (Wildman–Crippen LogP) is 1.63. The SMILES string of the molecule is C[C@H](Nc1c(C=O)ccc(O)c1NC(=O)c1ccc(C(=N)N)cc1)C(=O)O. The number of amides is 1. The van der Waals surface area contributed by atoms with Gasteiger partial charge in [-0.25, -0.2) is 0 Å². The highest BCUT2D eigenvalue weighted by Gasteiger charge is 2.20. The van der Waals surface area contributed by atoms with Crippen molar-refractivity contribution in [3.8, 4) is 5.75 Å². The number of hydrogen-bond donors (Lipinski definition) is 6. The Morgan fingerprint density at radius 3 is 2.22 bits per heavy atom. The van der Waals surface area contributed by atoms with Gasteiger partial charge in [0, 0.05) is 16.7 Å². The summed E-state index contributed by atoms with van der Waals surface area (Å²) in [6.45, 7) is 1.35. The van der Waals surface area contributed by atoms with Crippen molar-refractivity contribution < 1.29 is 24.6 Å². The van der Waals surface area contributed by atoms with E-state index >= 15 is 0 Å². The second kappa shape index (κ2) is 8.00. The van der Waals surface area contributed by atoms with E-state index in [2.05, 4.69) is 10.6 Å². The first-order chi connectivity index (χ1) is 12.7. The zero-order chi connectivity index (χ0) is 20.1. The van der Waals surface area contributed by atoms with Crippen LogP contribution in [-0.2, 0) is 4.79 Å². The first-order valence-corrected chi connectivity index (χ1v) is 7.81. The Balaban J connectivity index is 2.38. The van der Waals surface area contributed by atoms with E-state index in [4.69, 9.17) is 16.2 Å². The summed E-state index contributed by atoms with van der Waals surface area (Å²) in [5.41, 5.74) is 5.97. The molecule has 9 nitrogen and oxygen atoms in total. The van der Waals surface area contributed by atoms with Gasteiger partial charge in [0.1, 0.15) is 23.3 Å². The number of nitrogen functional groups attached to an aromatic ring is 1. The Morgan fingerprint density at radius 2 is 1.70 bits per heavy atom. The molecule has 0 aliphatic carbocycles. The monoisotopic (exact) mass is 370 g/mol. The molecule has 2 rings (SSSR count). The Labute approximate surface area is 154 Å². The van der Waals surface area contributed by atoms with Gasteiger partial charge in [-0.2, -0.15) is 0 Å². The molecule has 1 atom stereocenters. The van der Waals surface area contributed by atoms with Crippen molar-refractivity contribution in [1.29, 1.82) is 5.41 Å². The van der Waals surface area contributed by atoms with E-state index in [1.807, 2.05) is 0 Å². The summed E-state index contributed by atoms with van der Waals surface area (Å²) >= 11 is 0. The second-order valence-corrected chi connectivity index (χ2v) is 5.69. The highest BCUT2D eigenvalue weighted by atomic mass is 16.4. The molecule has 2 aromatic carbocycles. The summed E-state index contributed by atoms with van der Waals surface area (Å²) in [4.78, 5) is 34.9. The normalized spacial score (nSPS) is 11.3. The Morgan fingerprint density at radius 1 is 1.11 bits per heavy atom. The van der Waals surface area contributed by atoms with Gasteiger partial charge in [0.15, 0.2) is 6.29 Å². The zero-order valence-electron chi connectivity index (χ0n) is 14.3. The van der Waals surface area contributed by atoms with E-state index in [0.717, 1.165) is 0 Å². The van der Waals surface area contributed by atoms with Crippen molar-refractivity contribution in [3.63, 3.8) is 0 Å². The van der Waals surface area contributed by atoms with Crippen molar-refractivity contribution in [1.82, 2.24) is 0 Å². The minimum atomic E-state index is -1.17. The van der Waals surface area contributed by atoms with Crippen molar-refractivity contribution >= 4 is 35.4 Å². The molecule has 140 valence electrons. The molecule has 0 aliphatic heterocycles. The third kappa shape index (κ3) is 4.40. The number of carboxylic acid groups (broad SMARTS) is 1. The quantitative estimate of drug-likeness (QED) is 0.186. The maximum Gasteiger partial charge on any atom is 0.325 e. The fourth-order valence-corrected chi connectivity index (χ4v) is 2.25. The maximum absolute atomic E-state index is 12.5. The van der Waals surface area contributed by atoms with Crippen LogP contribution in [0.2, 0.25) is 0 Å². The van der Waals surface area contributed by atoms with E-state index in [-0.39, 0.29) is 34.1 Å². The maximum atomic E-state index is 12.5. The molecule has 2 aromatic rings. The molecule has 0 spiro atoms. The molecule has 0 bridgehead atoms. The number of phenols is 1. The molecule has 1 amide bonds. The number of aliphatic carboxylic acids is 1. The van der Waals surface area contributed by atoms with Crippen LogP contribution >= 0.6 is 0 Å². The van der Waals surface area contributed by atoms with E-state index < -0.39 is 17.9 Å². The summed E-state index contributed by atoms with van der Waals surface area (Å²) in [5.74, 6) is -2.26. The summed E-state index contributed by atoms with van der Waals surface area (Å²) in [6.07, 6.45) is 0.480. The van der Waals surface area contributed by atoms with Gasteiger partial charge in [-0.3, -0.25) is 19.8 Å². The van der Waals surface area contributed by atoms with Gasteiger partial charge in [-0.05, 0) is 31.2 Å². The second-order valence-electron chi connectivity index (χ2n) is 5.69. The van der Waals surface area contributed by atoms with Gasteiger partial charge < -0.3 is 26.6 Å². The number of hydrogen-bond acceptors (Lipinski definition) is 6. The molecule has 0 aromatic heterocycles. The number of anilines is 2. The first kappa shape index (κ1) is 19.4.